The van der Waals surface area contributed by atoms with Crippen molar-refractivity contribution in [1.82, 2.24) is 9.88 Å². The predicted octanol–water partition coefficient (Wildman–Crippen LogP) is 1.55. The highest BCUT2D eigenvalue weighted by atomic mass is 79.9. The Morgan fingerprint density at radius 2 is 2.05 bits per heavy atom. The molecule has 6 nitrogen and oxygen atoms in total. The van der Waals surface area contributed by atoms with Gasteiger partial charge in [0.2, 0.25) is 0 Å². The smallest absolute Gasteiger partial charge is 0.257 e. The molecule has 0 fully saturated rings. The maximum Gasteiger partial charge on any atom is 0.257 e. The van der Waals surface area contributed by atoms with Gasteiger partial charge < -0.3 is 20.1 Å². The van der Waals surface area contributed by atoms with Crippen molar-refractivity contribution >= 4 is 27.7 Å². The first-order valence-electron chi connectivity index (χ1n) is 6.28. The summed E-state index contributed by atoms with van der Waals surface area (Å²) in [5, 5.41) is 0. The van der Waals surface area contributed by atoms with Crippen LogP contribution in [-0.4, -0.2) is 56.3 Å². The summed E-state index contributed by atoms with van der Waals surface area (Å²) in [5.41, 5.74) is 6.17. The predicted molar refractivity (Wildman–Crippen MR) is 80.6 cm³/mol. The van der Waals surface area contributed by atoms with Gasteiger partial charge in [0.15, 0.2) is 0 Å². The van der Waals surface area contributed by atoms with Crippen molar-refractivity contribution in [3.05, 3.63) is 22.3 Å². The molecule has 0 spiro atoms. The zero-order chi connectivity index (χ0) is 15.0. The van der Waals surface area contributed by atoms with Crippen LogP contribution in [-0.2, 0) is 9.47 Å². The van der Waals surface area contributed by atoms with E-state index in [0.717, 1.165) is 10.9 Å². The number of methoxy groups -OCH3 is 2. The van der Waals surface area contributed by atoms with Crippen LogP contribution < -0.4 is 5.73 Å². The molecule has 0 aliphatic carbocycles. The van der Waals surface area contributed by atoms with Gasteiger partial charge in [-0.25, -0.2) is 4.98 Å². The Balaban J connectivity index is 2.82. The van der Waals surface area contributed by atoms with E-state index in [9.17, 15) is 4.79 Å². The Bertz CT molecular complexity index is 443. The minimum atomic E-state index is -0.149. The number of carbonyl (C=O) groups is 1. The summed E-state index contributed by atoms with van der Waals surface area (Å²) in [6.07, 6.45) is 2.32. The van der Waals surface area contributed by atoms with Gasteiger partial charge in [-0.2, -0.15) is 0 Å². The number of carbonyl (C=O) groups excluding carboxylic acids is 1. The van der Waals surface area contributed by atoms with E-state index in [0.29, 0.717) is 31.9 Å². The highest BCUT2D eigenvalue weighted by Gasteiger charge is 2.18. The fourth-order valence-electron chi connectivity index (χ4n) is 1.71. The van der Waals surface area contributed by atoms with Crippen molar-refractivity contribution in [1.29, 1.82) is 0 Å². The second kappa shape index (κ2) is 8.89. The van der Waals surface area contributed by atoms with Crippen LogP contribution in [0.2, 0.25) is 0 Å². The molecule has 0 radical (unpaired) electrons. The Labute approximate surface area is 127 Å². The highest BCUT2D eigenvalue weighted by Crippen LogP contribution is 2.17. The van der Waals surface area contributed by atoms with Gasteiger partial charge in [0.25, 0.3) is 5.91 Å². The Morgan fingerprint density at radius 1 is 1.35 bits per heavy atom. The van der Waals surface area contributed by atoms with Crippen LogP contribution in [0.5, 0.6) is 0 Å². The number of nitrogens with two attached hydrogens (primary N) is 1. The van der Waals surface area contributed by atoms with E-state index in [1.54, 1.807) is 31.4 Å². The van der Waals surface area contributed by atoms with Crippen LogP contribution in [0.3, 0.4) is 0 Å². The van der Waals surface area contributed by atoms with Crippen molar-refractivity contribution in [3.63, 3.8) is 0 Å². The molecule has 0 aromatic carbocycles. The van der Waals surface area contributed by atoms with E-state index < -0.39 is 0 Å². The molecule has 1 rings (SSSR count). The number of halogens is 1. The van der Waals surface area contributed by atoms with Gasteiger partial charge in [0.05, 0.1) is 12.2 Å². The number of hydrogen-bond acceptors (Lipinski definition) is 5. The molecule has 0 saturated heterocycles. The molecule has 2 N–H and O–H groups in total. The third kappa shape index (κ3) is 5.07. The number of anilines is 1. The molecule has 20 heavy (non-hydrogen) atoms. The lowest BCUT2D eigenvalue weighted by atomic mass is 10.2. The third-order valence-corrected chi connectivity index (χ3v) is 3.18. The Hall–Kier alpha value is -1.18. The average Bonchev–Trinajstić information content (AvgIpc) is 2.44. The first-order chi connectivity index (χ1) is 9.60. The standard InChI is InChI=1S/C13H20BrN3O3/c1-19-6-3-4-17(5-7-20-2)13(18)11-8-10(14)9-16-12(11)15/h8-9H,3-7H2,1-2H3,(H2,15,16). The Morgan fingerprint density at radius 3 is 2.70 bits per heavy atom. The molecule has 0 saturated carbocycles. The van der Waals surface area contributed by atoms with Crippen LogP contribution >= 0.6 is 15.9 Å². The molecular formula is C13H20BrN3O3. The number of amides is 1. The van der Waals surface area contributed by atoms with Gasteiger partial charge in [0.1, 0.15) is 5.82 Å². The van der Waals surface area contributed by atoms with Crippen LogP contribution in [0, 0.1) is 0 Å². The average molecular weight is 346 g/mol. The lowest BCUT2D eigenvalue weighted by molar-refractivity contribution is 0.0675. The normalized spacial score (nSPS) is 10.6. The molecule has 0 unspecified atom stereocenters. The van der Waals surface area contributed by atoms with E-state index in [4.69, 9.17) is 15.2 Å². The third-order valence-electron chi connectivity index (χ3n) is 2.74. The molecule has 0 aliphatic heterocycles. The van der Waals surface area contributed by atoms with Crippen molar-refractivity contribution in [2.45, 2.75) is 6.42 Å². The van der Waals surface area contributed by atoms with Crippen molar-refractivity contribution in [2.24, 2.45) is 0 Å². The van der Waals surface area contributed by atoms with Crippen LogP contribution in [0.15, 0.2) is 16.7 Å². The van der Waals surface area contributed by atoms with Gasteiger partial charge in [-0.05, 0) is 28.4 Å². The summed E-state index contributed by atoms with van der Waals surface area (Å²) in [6.45, 7) is 2.16. The van der Waals surface area contributed by atoms with E-state index in [-0.39, 0.29) is 11.7 Å². The number of nitrogen functional groups attached to an aromatic ring is 1. The second-order valence-electron chi connectivity index (χ2n) is 4.22. The molecule has 0 bridgehead atoms. The Kier molecular flexibility index (Phi) is 7.50. The summed E-state index contributed by atoms with van der Waals surface area (Å²) in [6, 6.07) is 1.68. The minimum absolute atomic E-state index is 0.149. The first kappa shape index (κ1) is 16.9. The SMILES string of the molecule is COCCCN(CCOC)C(=O)c1cc(Br)cnc1N. The van der Waals surface area contributed by atoms with Gasteiger partial charge in [-0.15, -0.1) is 0 Å². The van der Waals surface area contributed by atoms with Crippen molar-refractivity contribution in [3.8, 4) is 0 Å². The fourth-order valence-corrected chi connectivity index (χ4v) is 2.04. The summed E-state index contributed by atoms with van der Waals surface area (Å²) in [7, 11) is 3.24. The van der Waals surface area contributed by atoms with E-state index in [1.165, 1.54) is 0 Å². The maximum absolute atomic E-state index is 12.5. The van der Waals surface area contributed by atoms with Crippen molar-refractivity contribution < 1.29 is 14.3 Å². The molecular weight excluding hydrogens is 326 g/mol. The van der Waals surface area contributed by atoms with E-state index >= 15 is 0 Å². The highest BCUT2D eigenvalue weighted by molar-refractivity contribution is 9.10. The topological polar surface area (TPSA) is 77.7 Å². The molecule has 1 heterocycles. The number of hydrogen-bond donors (Lipinski definition) is 1. The number of nitrogens with zero attached hydrogens (tertiary/aromatic N) is 2. The van der Waals surface area contributed by atoms with Gasteiger partial charge in [0, 0.05) is 44.6 Å². The summed E-state index contributed by atoms with van der Waals surface area (Å²) >= 11 is 3.30. The quantitative estimate of drug-likeness (QED) is 0.723. The number of pyridine rings is 1. The van der Waals surface area contributed by atoms with E-state index in [1.807, 2.05) is 0 Å². The lowest BCUT2D eigenvalue weighted by Gasteiger charge is -2.22. The van der Waals surface area contributed by atoms with Crippen molar-refractivity contribution in [2.75, 3.05) is 46.3 Å². The van der Waals surface area contributed by atoms with E-state index in [2.05, 4.69) is 20.9 Å². The second-order valence-corrected chi connectivity index (χ2v) is 5.13. The molecule has 1 aromatic heterocycles. The summed E-state index contributed by atoms with van der Waals surface area (Å²) in [5.74, 6) is 0.0804. The zero-order valence-corrected chi connectivity index (χ0v) is 13.4. The van der Waals surface area contributed by atoms with Crippen LogP contribution in [0.4, 0.5) is 5.82 Å². The zero-order valence-electron chi connectivity index (χ0n) is 11.8. The molecule has 1 aromatic rings. The summed E-state index contributed by atoms with van der Waals surface area (Å²) in [4.78, 5) is 18.2. The molecule has 7 heteroatoms. The number of rotatable bonds is 8. The maximum atomic E-state index is 12.5. The molecule has 0 atom stereocenters. The van der Waals surface area contributed by atoms with Gasteiger partial charge >= 0.3 is 0 Å². The largest absolute Gasteiger partial charge is 0.385 e. The molecule has 0 aliphatic rings. The van der Waals surface area contributed by atoms with Gasteiger partial charge in [-0.3, -0.25) is 4.79 Å². The van der Waals surface area contributed by atoms with Crippen LogP contribution in [0.25, 0.3) is 0 Å². The monoisotopic (exact) mass is 345 g/mol. The minimum Gasteiger partial charge on any atom is -0.385 e. The fraction of sp³-hybridized carbons (Fsp3) is 0.538. The first-order valence-corrected chi connectivity index (χ1v) is 7.07. The van der Waals surface area contributed by atoms with Crippen LogP contribution in [0.1, 0.15) is 16.8 Å². The molecule has 1 amide bonds. The van der Waals surface area contributed by atoms with Gasteiger partial charge in [-0.1, -0.05) is 0 Å². The lowest BCUT2D eigenvalue weighted by Crippen LogP contribution is -2.35. The summed E-state index contributed by atoms with van der Waals surface area (Å²) < 4.78 is 10.8. The number of ether oxygens (including phenoxy) is 2. The number of aromatic nitrogens is 1. The molecule has 112 valence electrons.